The largest absolute Gasteiger partial charge is 0.481 e. The lowest BCUT2D eigenvalue weighted by Crippen LogP contribution is -2.61. The molecule has 0 saturated carbocycles. The Bertz CT molecular complexity index is 737. The average Bonchev–Trinajstić information content (AvgIpc) is 3.21. The zero-order chi connectivity index (χ0) is 21.9. The molecule has 29 heavy (non-hydrogen) atoms. The number of carbonyl (C=O) groups excluding carboxylic acids is 2. The molecule has 3 aliphatic heterocycles. The molecule has 0 radical (unpaired) electrons. The van der Waals surface area contributed by atoms with Crippen molar-refractivity contribution in [3.63, 3.8) is 0 Å². The number of aliphatic carboxylic acids is 1. The van der Waals surface area contributed by atoms with Crippen molar-refractivity contribution >= 4 is 33.7 Å². The van der Waals surface area contributed by atoms with Gasteiger partial charge >= 0.3 is 5.97 Å². The van der Waals surface area contributed by atoms with Gasteiger partial charge in [-0.2, -0.15) is 0 Å². The molecule has 3 saturated heterocycles. The summed E-state index contributed by atoms with van der Waals surface area (Å²) in [6.45, 7) is 11.0. The molecule has 3 rings (SSSR count). The molecule has 2 N–H and O–H groups in total. The normalized spacial score (nSPS) is 36.8. The number of alkyl halides is 1. The average molecular weight is 473 g/mol. The second-order valence-corrected chi connectivity index (χ2v) is 10.4. The predicted molar refractivity (Wildman–Crippen MR) is 108 cm³/mol. The number of halogens is 1. The third-order valence-electron chi connectivity index (χ3n) is 6.37. The van der Waals surface area contributed by atoms with Crippen LogP contribution in [-0.4, -0.2) is 85.1 Å². The van der Waals surface area contributed by atoms with E-state index >= 15 is 0 Å². The van der Waals surface area contributed by atoms with Crippen LogP contribution in [0.3, 0.4) is 0 Å². The quantitative estimate of drug-likeness (QED) is 0.441. The first-order chi connectivity index (χ1) is 13.4. The van der Waals surface area contributed by atoms with Gasteiger partial charge in [-0.1, -0.05) is 22.0 Å². The zero-order valence-corrected chi connectivity index (χ0v) is 18.8. The van der Waals surface area contributed by atoms with Gasteiger partial charge in [-0.3, -0.25) is 14.4 Å². The smallest absolute Gasteiger partial charge is 0.310 e. The molecule has 2 bridgehead atoms. The highest BCUT2D eigenvalue weighted by atomic mass is 79.9. The maximum Gasteiger partial charge on any atom is 0.310 e. The predicted octanol–water partition coefficient (Wildman–Crippen LogP) is 1.01. The number of ether oxygens (including phenoxy) is 1. The molecule has 1 spiro atoms. The van der Waals surface area contributed by atoms with Crippen LogP contribution in [-0.2, 0) is 19.1 Å². The maximum atomic E-state index is 13.8. The SMILES string of the molecule is C=CCN(C(=O)C1N([C@H](C)CO)C(=O)[C@@H]2[C@@H](C(=O)O)[C@@H]3OC12CC3Br)C(C)(C)C. The Morgan fingerprint density at radius 3 is 2.59 bits per heavy atom. The van der Waals surface area contributed by atoms with Gasteiger partial charge in [0, 0.05) is 16.9 Å². The number of carboxylic acid groups (broad SMARTS) is 1. The molecule has 7 atom stereocenters. The summed E-state index contributed by atoms with van der Waals surface area (Å²) >= 11 is 3.50. The number of hydrogen-bond acceptors (Lipinski definition) is 5. The van der Waals surface area contributed by atoms with E-state index in [1.165, 1.54) is 4.90 Å². The Balaban J connectivity index is 2.14. The minimum absolute atomic E-state index is 0.269. The summed E-state index contributed by atoms with van der Waals surface area (Å²) in [6, 6.07) is -1.65. The first-order valence-electron chi connectivity index (χ1n) is 9.82. The number of nitrogens with zero attached hydrogens (tertiary/aromatic N) is 2. The first-order valence-corrected chi connectivity index (χ1v) is 10.7. The highest BCUT2D eigenvalue weighted by Crippen LogP contribution is 2.60. The molecule has 3 aliphatic rings. The molecule has 0 aromatic carbocycles. The third-order valence-corrected chi connectivity index (χ3v) is 7.22. The van der Waals surface area contributed by atoms with Gasteiger partial charge in [-0.25, -0.2) is 0 Å². The third kappa shape index (κ3) is 3.13. The van der Waals surface area contributed by atoms with Crippen LogP contribution in [0.25, 0.3) is 0 Å². The maximum absolute atomic E-state index is 13.8. The Morgan fingerprint density at radius 2 is 2.10 bits per heavy atom. The van der Waals surface area contributed by atoms with Crippen molar-refractivity contribution in [1.82, 2.24) is 9.80 Å². The highest BCUT2D eigenvalue weighted by molar-refractivity contribution is 9.09. The van der Waals surface area contributed by atoms with Crippen molar-refractivity contribution in [3.8, 4) is 0 Å². The topological polar surface area (TPSA) is 107 Å². The lowest BCUT2D eigenvalue weighted by Gasteiger charge is -2.43. The van der Waals surface area contributed by atoms with E-state index in [0.717, 1.165) is 0 Å². The van der Waals surface area contributed by atoms with Crippen LogP contribution >= 0.6 is 15.9 Å². The minimum atomic E-state index is -1.23. The van der Waals surface area contributed by atoms with Crippen LogP contribution in [0.1, 0.15) is 34.1 Å². The molecule has 8 nitrogen and oxygen atoms in total. The van der Waals surface area contributed by atoms with Crippen LogP contribution in [0.15, 0.2) is 12.7 Å². The Morgan fingerprint density at radius 1 is 1.48 bits per heavy atom. The Labute approximate surface area is 179 Å². The number of carbonyl (C=O) groups is 3. The van der Waals surface area contributed by atoms with E-state index in [-0.39, 0.29) is 23.9 Å². The minimum Gasteiger partial charge on any atom is -0.481 e. The molecule has 3 heterocycles. The molecular weight excluding hydrogens is 444 g/mol. The molecule has 3 unspecified atom stereocenters. The van der Waals surface area contributed by atoms with E-state index in [9.17, 15) is 24.6 Å². The second-order valence-electron chi connectivity index (χ2n) is 9.19. The summed E-state index contributed by atoms with van der Waals surface area (Å²) in [7, 11) is 0. The second kappa shape index (κ2) is 7.35. The Hall–Kier alpha value is -1.45. The fourth-order valence-corrected chi connectivity index (χ4v) is 6.11. The zero-order valence-electron chi connectivity index (χ0n) is 17.2. The van der Waals surface area contributed by atoms with Crippen LogP contribution in [0, 0.1) is 11.8 Å². The number of aliphatic hydroxyl groups excluding tert-OH is 1. The summed E-state index contributed by atoms with van der Waals surface area (Å²) in [4.78, 5) is 42.0. The molecule has 0 aromatic heterocycles. The van der Waals surface area contributed by atoms with Crippen molar-refractivity contribution < 1.29 is 29.3 Å². The van der Waals surface area contributed by atoms with Crippen molar-refractivity contribution in [2.24, 2.45) is 11.8 Å². The van der Waals surface area contributed by atoms with Crippen LogP contribution in [0.2, 0.25) is 0 Å². The number of likely N-dealkylation sites (tertiary alicyclic amines) is 1. The molecule has 3 fully saturated rings. The van der Waals surface area contributed by atoms with E-state index in [1.54, 1.807) is 17.9 Å². The molecule has 0 aliphatic carbocycles. The van der Waals surface area contributed by atoms with E-state index in [4.69, 9.17) is 4.74 Å². The number of amides is 2. The summed E-state index contributed by atoms with van der Waals surface area (Å²) in [5.41, 5.74) is -1.78. The first kappa shape index (κ1) is 22.2. The summed E-state index contributed by atoms with van der Waals surface area (Å²) in [5, 5.41) is 19.6. The summed E-state index contributed by atoms with van der Waals surface area (Å²) in [5.74, 6) is -3.85. The van der Waals surface area contributed by atoms with E-state index in [1.807, 2.05) is 20.8 Å². The van der Waals surface area contributed by atoms with Gasteiger partial charge in [-0.05, 0) is 34.1 Å². The van der Waals surface area contributed by atoms with Gasteiger partial charge in [0.1, 0.15) is 11.6 Å². The number of aliphatic hydroxyl groups is 1. The van der Waals surface area contributed by atoms with Gasteiger partial charge < -0.3 is 24.7 Å². The van der Waals surface area contributed by atoms with Gasteiger partial charge in [0.15, 0.2) is 0 Å². The fourth-order valence-electron chi connectivity index (χ4n) is 5.16. The van der Waals surface area contributed by atoms with Crippen molar-refractivity contribution in [2.45, 2.75) is 68.3 Å². The van der Waals surface area contributed by atoms with Crippen molar-refractivity contribution in [2.75, 3.05) is 13.2 Å². The number of hydrogen-bond donors (Lipinski definition) is 2. The lowest BCUT2D eigenvalue weighted by atomic mass is 9.70. The summed E-state index contributed by atoms with van der Waals surface area (Å²) < 4.78 is 6.19. The van der Waals surface area contributed by atoms with Crippen molar-refractivity contribution in [3.05, 3.63) is 12.7 Å². The summed E-state index contributed by atoms with van der Waals surface area (Å²) in [6.07, 6.45) is 1.30. The fraction of sp³-hybridized carbons (Fsp3) is 0.750. The lowest BCUT2D eigenvalue weighted by molar-refractivity contribution is -0.155. The van der Waals surface area contributed by atoms with Gasteiger partial charge in [0.25, 0.3) is 0 Å². The number of fused-ring (bicyclic) bond motifs is 1. The van der Waals surface area contributed by atoms with Gasteiger partial charge in [0.05, 0.1) is 30.6 Å². The molecule has 2 amide bonds. The number of carboxylic acids is 1. The van der Waals surface area contributed by atoms with Crippen LogP contribution < -0.4 is 0 Å². The molecule has 162 valence electrons. The van der Waals surface area contributed by atoms with E-state index in [0.29, 0.717) is 6.42 Å². The molecular formula is C20H29BrN2O6. The highest BCUT2D eigenvalue weighted by Gasteiger charge is 2.77. The molecule has 0 aromatic rings. The van der Waals surface area contributed by atoms with Gasteiger partial charge in [0.2, 0.25) is 11.8 Å². The van der Waals surface area contributed by atoms with Gasteiger partial charge in [-0.15, -0.1) is 6.58 Å². The van der Waals surface area contributed by atoms with Crippen molar-refractivity contribution in [1.29, 1.82) is 0 Å². The van der Waals surface area contributed by atoms with Crippen LogP contribution in [0.4, 0.5) is 0 Å². The molecule has 9 heteroatoms. The Kier molecular flexibility index (Phi) is 5.64. The standard InChI is InChI=1S/C20H29BrN2O6/c1-6-7-22(19(3,4)5)17(26)15-20-8-11(21)14(29-20)12(18(27)28)13(20)16(25)23(15)10(2)9-24/h6,10-15,24H,1,7-9H2,2-5H3,(H,27,28)/t10-,11?,12-,13+,14-,15?,20?/m1/s1. The van der Waals surface area contributed by atoms with E-state index in [2.05, 4.69) is 22.5 Å². The van der Waals surface area contributed by atoms with Crippen LogP contribution in [0.5, 0.6) is 0 Å². The van der Waals surface area contributed by atoms with E-state index < -0.39 is 53.0 Å². The monoisotopic (exact) mass is 472 g/mol. The number of rotatable bonds is 6.